The van der Waals surface area contributed by atoms with Crippen LogP contribution in [0.2, 0.25) is 10.0 Å². The molecule has 4 aromatic heterocycles. The Hall–Kier alpha value is -3.06. The van der Waals surface area contributed by atoms with E-state index in [1.54, 1.807) is 12.3 Å². The van der Waals surface area contributed by atoms with Crippen LogP contribution in [0.1, 0.15) is 18.4 Å². The summed E-state index contributed by atoms with van der Waals surface area (Å²) in [7, 11) is 0. The monoisotopic (exact) mass is 492 g/mol. The molecule has 5 aromatic rings. The Morgan fingerprint density at radius 3 is 2.09 bits per heavy atom. The van der Waals surface area contributed by atoms with Crippen LogP contribution in [0, 0.1) is 0 Å². The van der Waals surface area contributed by atoms with Crippen molar-refractivity contribution < 1.29 is 0 Å². The Morgan fingerprint density at radius 1 is 0.824 bits per heavy atom. The molecule has 34 heavy (non-hydrogen) atoms. The van der Waals surface area contributed by atoms with Gasteiger partial charge in [0.2, 0.25) is 0 Å². The van der Waals surface area contributed by atoms with Crippen LogP contribution < -0.4 is 10.6 Å². The number of piperidine rings is 1. The van der Waals surface area contributed by atoms with Crippen LogP contribution in [-0.4, -0.2) is 39.6 Å². The molecule has 1 aromatic carbocycles. The van der Waals surface area contributed by atoms with E-state index < -0.39 is 0 Å². The SMILES string of the molecule is Clc1ccnc2[nH]ccc12.NCC1(c2ccc(Cl)cc2)CCN(c2ccnc3[nH]ccc23)CC1. The van der Waals surface area contributed by atoms with Gasteiger partial charge in [-0.05, 0) is 54.8 Å². The molecule has 0 bridgehead atoms. The molecule has 0 spiro atoms. The molecule has 0 radical (unpaired) electrons. The third-order valence-corrected chi connectivity index (χ3v) is 7.33. The molecule has 4 N–H and O–H groups in total. The summed E-state index contributed by atoms with van der Waals surface area (Å²) in [6.45, 7) is 2.65. The summed E-state index contributed by atoms with van der Waals surface area (Å²) >= 11 is 11.9. The smallest absolute Gasteiger partial charge is 0.139 e. The van der Waals surface area contributed by atoms with Gasteiger partial charge in [-0.3, -0.25) is 0 Å². The molecule has 1 aliphatic rings. The number of fused-ring (bicyclic) bond motifs is 2. The second-order valence-corrected chi connectivity index (χ2v) is 9.42. The van der Waals surface area contributed by atoms with E-state index in [1.165, 1.54) is 16.6 Å². The lowest BCUT2D eigenvalue weighted by Gasteiger charge is -2.42. The highest BCUT2D eigenvalue weighted by molar-refractivity contribution is 6.35. The van der Waals surface area contributed by atoms with Gasteiger partial charge in [-0.1, -0.05) is 35.3 Å². The molecule has 1 fully saturated rings. The second-order valence-electron chi connectivity index (χ2n) is 8.58. The maximum absolute atomic E-state index is 6.20. The Labute approximate surface area is 208 Å². The highest BCUT2D eigenvalue weighted by Gasteiger charge is 2.35. The van der Waals surface area contributed by atoms with E-state index in [2.05, 4.69) is 49.1 Å². The van der Waals surface area contributed by atoms with Crippen LogP contribution in [0.4, 0.5) is 5.69 Å². The van der Waals surface area contributed by atoms with Crippen LogP contribution >= 0.6 is 23.2 Å². The van der Waals surface area contributed by atoms with Crippen molar-refractivity contribution in [2.75, 3.05) is 24.5 Å². The second kappa shape index (κ2) is 9.66. The fourth-order valence-electron chi connectivity index (χ4n) is 4.74. The number of rotatable bonds is 3. The number of nitrogens with one attached hydrogen (secondary N) is 2. The first-order valence-corrected chi connectivity index (χ1v) is 12.1. The molecule has 5 heterocycles. The number of nitrogens with zero attached hydrogens (tertiary/aromatic N) is 3. The molecule has 1 aliphatic heterocycles. The maximum Gasteiger partial charge on any atom is 0.139 e. The van der Waals surface area contributed by atoms with Gasteiger partial charge in [-0.2, -0.15) is 0 Å². The zero-order valence-electron chi connectivity index (χ0n) is 18.6. The Balaban J connectivity index is 0.000000200. The standard InChI is InChI=1S/C19H21ClN4.C7H5ClN2/c20-15-3-1-14(2-4-15)19(13-21)7-11-24(12-8-19)17-6-10-23-18-16(17)5-9-22-18;8-6-2-4-10-7-5(6)1-3-9-7/h1-6,9-10H,7-8,11-13,21H2,(H,22,23);1-4H,(H,9,10). The van der Waals surface area contributed by atoms with Crippen molar-refractivity contribution in [3.63, 3.8) is 0 Å². The first kappa shape index (κ1) is 22.7. The number of halogens is 2. The number of nitrogens with two attached hydrogens (primary N) is 1. The minimum Gasteiger partial charge on any atom is -0.371 e. The summed E-state index contributed by atoms with van der Waals surface area (Å²) < 4.78 is 0. The van der Waals surface area contributed by atoms with Crippen LogP contribution in [0.3, 0.4) is 0 Å². The lowest BCUT2D eigenvalue weighted by atomic mass is 9.73. The Morgan fingerprint density at radius 2 is 1.44 bits per heavy atom. The van der Waals surface area contributed by atoms with Gasteiger partial charge >= 0.3 is 0 Å². The van der Waals surface area contributed by atoms with Crippen molar-refractivity contribution in [3.05, 3.63) is 88.9 Å². The lowest BCUT2D eigenvalue weighted by Crippen LogP contribution is -2.46. The number of H-pyrrole nitrogens is 2. The average molecular weight is 493 g/mol. The third-order valence-electron chi connectivity index (χ3n) is 6.75. The minimum atomic E-state index is 0.0470. The van der Waals surface area contributed by atoms with Crippen LogP contribution in [0.25, 0.3) is 22.1 Å². The topological polar surface area (TPSA) is 86.6 Å². The van der Waals surface area contributed by atoms with E-state index in [0.29, 0.717) is 6.54 Å². The van der Waals surface area contributed by atoms with E-state index in [4.69, 9.17) is 28.9 Å². The fraction of sp³-hybridized carbons (Fsp3) is 0.231. The zero-order chi connectivity index (χ0) is 23.5. The van der Waals surface area contributed by atoms with Gasteiger partial charge in [0.1, 0.15) is 11.3 Å². The normalized spacial score (nSPS) is 15.3. The van der Waals surface area contributed by atoms with E-state index in [9.17, 15) is 0 Å². The first-order chi connectivity index (χ1) is 16.6. The van der Waals surface area contributed by atoms with Crippen molar-refractivity contribution in [1.82, 2.24) is 19.9 Å². The van der Waals surface area contributed by atoms with Gasteiger partial charge in [-0.25, -0.2) is 9.97 Å². The van der Waals surface area contributed by atoms with E-state index in [1.807, 2.05) is 36.8 Å². The minimum absolute atomic E-state index is 0.0470. The van der Waals surface area contributed by atoms with Crippen molar-refractivity contribution in [3.8, 4) is 0 Å². The summed E-state index contributed by atoms with van der Waals surface area (Å²) in [6.07, 6.45) is 9.41. The van der Waals surface area contributed by atoms with Crippen LogP contribution in [-0.2, 0) is 5.41 Å². The number of anilines is 1. The first-order valence-electron chi connectivity index (χ1n) is 11.3. The third kappa shape index (κ3) is 4.37. The summed E-state index contributed by atoms with van der Waals surface area (Å²) in [4.78, 5) is 17.0. The highest BCUT2D eigenvalue weighted by Crippen LogP contribution is 2.37. The number of hydrogen-bond acceptors (Lipinski definition) is 4. The van der Waals surface area contributed by atoms with Gasteiger partial charge in [0.15, 0.2) is 0 Å². The summed E-state index contributed by atoms with van der Waals surface area (Å²) in [6, 6.07) is 16.1. The molecule has 0 saturated carbocycles. The van der Waals surface area contributed by atoms with Gasteiger partial charge < -0.3 is 20.6 Å². The molecular weight excluding hydrogens is 467 g/mol. The van der Waals surface area contributed by atoms with E-state index >= 15 is 0 Å². The molecule has 174 valence electrons. The molecule has 0 amide bonds. The maximum atomic E-state index is 6.20. The van der Waals surface area contributed by atoms with E-state index in [-0.39, 0.29) is 5.41 Å². The highest BCUT2D eigenvalue weighted by atomic mass is 35.5. The number of benzene rings is 1. The summed E-state index contributed by atoms with van der Waals surface area (Å²) in [5, 5.41) is 3.68. The number of aromatic nitrogens is 4. The molecular formula is C26H26Cl2N6. The molecule has 1 saturated heterocycles. The van der Waals surface area contributed by atoms with Crippen molar-refractivity contribution in [2.45, 2.75) is 18.3 Å². The largest absolute Gasteiger partial charge is 0.371 e. The summed E-state index contributed by atoms with van der Waals surface area (Å²) in [5.41, 5.74) is 10.6. The number of hydrogen-bond donors (Lipinski definition) is 3. The van der Waals surface area contributed by atoms with Gasteiger partial charge in [0, 0.05) is 71.3 Å². The summed E-state index contributed by atoms with van der Waals surface area (Å²) in [5.74, 6) is 0. The van der Waals surface area contributed by atoms with Gasteiger partial charge in [-0.15, -0.1) is 0 Å². The molecule has 6 nitrogen and oxygen atoms in total. The molecule has 8 heteroatoms. The Kier molecular flexibility index (Phi) is 6.46. The predicted molar refractivity (Wildman–Crippen MR) is 141 cm³/mol. The quantitative estimate of drug-likeness (QED) is 0.291. The van der Waals surface area contributed by atoms with Gasteiger partial charge in [0.25, 0.3) is 0 Å². The fourth-order valence-corrected chi connectivity index (χ4v) is 5.07. The lowest BCUT2D eigenvalue weighted by molar-refractivity contribution is 0.340. The zero-order valence-corrected chi connectivity index (χ0v) is 20.2. The molecule has 6 rings (SSSR count). The molecule has 0 atom stereocenters. The van der Waals surface area contributed by atoms with Crippen molar-refractivity contribution in [1.29, 1.82) is 0 Å². The van der Waals surface area contributed by atoms with E-state index in [0.717, 1.165) is 52.7 Å². The molecule has 0 aliphatic carbocycles. The van der Waals surface area contributed by atoms with Crippen LogP contribution in [0.5, 0.6) is 0 Å². The number of aromatic amines is 2. The van der Waals surface area contributed by atoms with Crippen molar-refractivity contribution in [2.24, 2.45) is 5.73 Å². The predicted octanol–water partition coefficient (Wildman–Crippen LogP) is 5.93. The number of pyridine rings is 2. The van der Waals surface area contributed by atoms with Gasteiger partial charge in [0.05, 0.1) is 5.02 Å². The van der Waals surface area contributed by atoms with Crippen LogP contribution in [0.15, 0.2) is 73.3 Å². The average Bonchev–Trinajstić information content (AvgIpc) is 3.55. The molecule has 0 unspecified atom stereocenters. The van der Waals surface area contributed by atoms with Crippen molar-refractivity contribution >= 4 is 51.0 Å². The Bertz CT molecular complexity index is 1380.